The predicted octanol–water partition coefficient (Wildman–Crippen LogP) is 5.07. The largest absolute Gasteiger partial charge is 0.496 e. The molecule has 0 saturated carbocycles. The van der Waals surface area contributed by atoms with Crippen molar-refractivity contribution in [3.63, 3.8) is 0 Å². The molecule has 0 spiro atoms. The molecule has 2 heterocycles. The van der Waals surface area contributed by atoms with Gasteiger partial charge >= 0.3 is 0 Å². The fourth-order valence-corrected chi connectivity index (χ4v) is 4.62. The Balaban J connectivity index is 1.85. The minimum atomic E-state index is -0.401. The van der Waals surface area contributed by atoms with Crippen LogP contribution in [-0.2, 0) is 13.1 Å². The molecule has 2 aromatic carbocycles. The number of benzene rings is 2. The zero-order valence-corrected chi connectivity index (χ0v) is 19.5. The highest BCUT2D eigenvalue weighted by atomic mass is 35.5. The van der Waals surface area contributed by atoms with E-state index in [1.165, 1.54) is 6.07 Å². The van der Waals surface area contributed by atoms with Gasteiger partial charge in [0.2, 0.25) is 0 Å². The predicted molar refractivity (Wildman–Crippen MR) is 126 cm³/mol. The number of methoxy groups -OCH3 is 3. The molecule has 0 aliphatic carbocycles. The monoisotopic (exact) mass is 471 g/mol. The van der Waals surface area contributed by atoms with Crippen molar-refractivity contribution in [3.8, 4) is 17.2 Å². The molecule has 0 amide bonds. The first kappa shape index (κ1) is 22.9. The molecule has 174 valence electrons. The molecule has 1 atom stereocenters. The first-order valence-electron chi connectivity index (χ1n) is 10.6. The number of ether oxygens (including phenoxy) is 3. The number of halogens is 1. The van der Waals surface area contributed by atoms with Gasteiger partial charge in [-0.1, -0.05) is 11.6 Å². The van der Waals surface area contributed by atoms with Crippen molar-refractivity contribution in [2.24, 2.45) is 0 Å². The number of hydrogen-bond donors (Lipinski definition) is 0. The third-order valence-electron chi connectivity index (χ3n) is 6.00. The fraction of sp³-hybridized carbons (Fsp3) is 0.333. The minimum Gasteiger partial charge on any atom is -0.496 e. The summed E-state index contributed by atoms with van der Waals surface area (Å²) in [6, 6.07) is 12.3. The van der Waals surface area contributed by atoms with Crippen molar-refractivity contribution in [2.45, 2.75) is 25.6 Å². The Morgan fingerprint density at radius 2 is 1.76 bits per heavy atom. The normalized spacial score (nSPS) is 16.1. The third-order valence-corrected chi connectivity index (χ3v) is 6.37. The van der Waals surface area contributed by atoms with E-state index in [4.69, 9.17) is 25.8 Å². The van der Waals surface area contributed by atoms with Crippen molar-refractivity contribution in [1.29, 1.82) is 0 Å². The van der Waals surface area contributed by atoms with E-state index >= 15 is 0 Å². The lowest BCUT2D eigenvalue weighted by molar-refractivity contribution is -0.384. The smallest absolute Gasteiger partial charge is 0.269 e. The highest BCUT2D eigenvalue weighted by Crippen LogP contribution is 2.43. The Hall–Kier alpha value is -3.23. The lowest BCUT2D eigenvalue weighted by Gasteiger charge is -2.32. The molecular formula is C24H26ClN3O5. The number of nitrogens with zero attached hydrogens (tertiary/aromatic N) is 3. The Labute approximate surface area is 197 Å². The standard InChI is InChI=1S/C24H26ClN3O5/c1-31-21-14-23(33-3)22(32-2)13-18(21)24-20-6-4-9-26(20)10-5-11-27(24)15-16-12-17(28(29)30)7-8-19(16)25/h4,6-9,12-14,24H,5,10-11,15H2,1-3H3/t24-/m1/s1. The lowest BCUT2D eigenvalue weighted by atomic mass is 9.99. The summed E-state index contributed by atoms with van der Waals surface area (Å²) < 4.78 is 19.0. The summed E-state index contributed by atoms with van der Waals surface area (Å²) in [5.41, 5.74) is 2.74. The van der Waals surface area contributed by atoms with Crippen LogP contribution in [0, 0.1) is 10.1 Å². The first-order valence-corrected chi connectivity index (χ1v) is 11.0. The van der Waals surface area contributed by atoms with Crippen molar-refractivity contribution >= 4 is 17.3 Å². The molecule has 1 aromatic heterocycles. The van der Waals surface area contributed by atoms with E-state index in [0.29, 0.717) is 34.4 Å². The van der Waals surface area contributed by atoms with E-state index in [2.05, 4.69) is 21.7 Å². The van der Waals surface area contributed by atoms with Crippen LogP contribution in [0.2, 0.25) is 5.02 Å². The molecule has 9 heteroatoms. The van der Waals surface area contributed by atoms with Gasteiger partial charge < -0.3 is 18.8 Å². The van der Waals surface area contributed by atoms with Crippen LogP contribution in [0.4, 0.5) is 5.69 Å². The van der Waals surface area contributed by atoms with Crippen LogP contribution in [0.1, 0.15) is 29.3 Å². The number of aromatic nitrogens is 1. The first-order chi connectivity index (χ1) is 16.0. The fourth-order valence-electron chi connectivity index (χ4n) is 4.45. The van der Waals surface area contributed by atoms with Gasteiger partial charge in [-0.25, -0.2) is 0 Å². The van der Waals surface area contributed by atoms with Gasteiger partial charge in [0, 0.05) is 60.3 Å². The quantitative estimate of drug-likeness (QED) is 0.353. The van der Waals surface area contributed by atoms with Crippen molar-refractivity contribution in [1.82, 2.24) is 9.47 Å². The van der Waals surface area contributed by atoms with E-state index in [1.807, 2.05) is 18.2 Å². The molecule has 0 bridgehead atoms. The Morgan fingerprint density at radius 3 is 2.45 bits per heavy atom. The van der Waals surface area contributed by atoms with Crippen LogP contribution >= 0.6 is 11.6 Å². The second-order valence-electron chi connectivity index (χ2n) is 7.83. The van der Waals surface area contributed by atoms with Crippen LogP contribution in [0.15, 0.2) is 48.7 Å². The Bertz CT molecular complexity index is 1160. The summed E-state index contributed by atoms with van der Waals surface area (Å²) in [6.07, 6.45) is 2.99. The number of nitro groups is 1. The summed E-state index contributed by atoms with van der Waals surface area (Å²) in [4.78, 5) is 13.2. The van der Waals surface area contributed by atoms with Crippen LogP contribution in [-0.4, -0.2) is 42.3 Å². The average Bonchev–Trinajstić information content (AvgIpc) is 3.20. The second-order valence-corrected chi connectivity index (χ2v) is 8.24. The zero-order chi connectivity index (χ0) is 23.5. The van der Waals surface area contributed by atoms with Crippen LogP contribution in [0.25, 0.3) is 0 Å². The molecule has 8 nitrogen and oxygen atoms in total. The molecule has 4 rings (SSSR count). The maximum absolute atomic E-state index is 11.3. The van der Waals surface area contributed by atoms with E-state index in [0.717, 1.165) is 30.8 Å². The molecule has 1 aliphatic rings. The van der Waals surface area contributed by atoms with Gasteiger partial charge in [-0.3, -0.25) is 15.0 Å². The van der Waals surface area contributed by atoms with E-state index in [9.17, 15) is 10.1 Å². The Kier molecular flexibility index (Phi) is 6.76. The van der Waals surface area contributed by atoms with E-state index in [1.54, 1.807) is 33.5 Å². The number of aryl methyl sites for hydroxylation is 1. The van der Waals surface area contributed by atoms with Crippen LogP contribution < -0.4 is 14.2 Å². The number of nitro benzene ring substituents is 1. The van der Waals surface area contributed by atoms with Gasteiger partial charge in [0.25, 0.3) is 5.69 Å². The minimum absolute atomic E-state index is 0.0212. The molecule has 33 heavy (non-hydrogen) atoms. The van der Waals surface area contributed by atoms with Gasteiger partial charge in [0.1, 0.15) is 5.75 Å². The van der Waals surface area contributed by atoms with Gasteiger partial charge in [-0.15, -0.1) is 0 Å². The van der Waals surface area contributed by atoms with Crippen molar-refractivity contribution < 1.29 is 19.1 Å². The highest BCUT2D eigenvalue weighted by Gasteiger charge is 2.31. The molecule has 0 fully saturated rings. The van der Waals surface area contributed by atoms with Gasteiger partial charge in [0.05, 0.1) is 32.3 Å². The van der Waals surface area contributed by atoms with E-state index < -0.39 is 4.92 Å². The Morgan fingerprint density at radius 1 is 1.03 bits per heavy atom. The lowest BCUT2D eigenvalue weighted by Crippen LogP contribution is -2.30. The number of fused-ring (bicyclic) bond motifs is 1. The maximum Gasteiger partial charge on any atom is 0.269 e. The molecule has 0 saturated heterocycles. The zero-order valence-electron chi connectivity index (χ0n) is 18.8. The second kappa shape index (κ2) is 9.72. The maximum atomic E-state index is 11.3. The van der Waals surface area contributed by atoms with Gasteiger partial charge in [0.15, 0.2) is 11.5 Å². The summed E-state index contributed by atoms with van der Waals surface area (Å²) in [7, 11) is 4.82. The van der Waals surface area contributed by atoms with Crippen LogP contribution in [0.5, 0.6) is 17.2 Å². The van der Waals surface area contributed by atoms with Gasteiger partial charge in [-0.2, -0.15) is 0 Å². The van der Waals surface area contributed by atoms with E-state index in [-0.39, 0.29) is 11.7 Å². The van der Waals surface area contributed by atoms with Gasteiger partial charge in [-0.05, 0) is 36.2 Å². The third kappa shape index (κ3) is 4.49. The van der Waals surface area contributed by atoms with Crippen LogP contribution in [0.3, 0.4) is 0 Å². The van der Waals surface area contributed by atoms with Crippen molar-refractivity contribution in [2.75, 3.05) is 27.9 Å². The molecule has 0 unspecified atom stereocenters. The average molecular weight is 472 g/mol. The molecule has 1 aliphatic heterocycles. The highest BCUT2D eigenvalue weighted by molar-refractivity contribution is 6.31. The molecule has 3 aromatic rings. The number of rotatable bonds is 7. The molecule has 0 radical (unpaired) electrons. The number of hydrogen-bond acceptors (Lipinski definition) is 6. The summed E-state index contributed by atoms with van der Waals surface area (Å²) in [6.45, 7) is 2.07. The molecule has 0 N–H and O–H groups in total. The SMILES string of the molecule is COc1cc(OC)c([C@@H]2c3cccn3CCCN2Cc2cc([N+](=O)[O-])ccc2Cl)cc1OC. The van der Waals surface area contributed by atoms with Crippen molar-refractivity contribution in [3.05, 3.63) is 80.6 Å². The number of non-ortho nitro benzene ring substituents is 1. The summed E-state index contributed by atoms with van der Waals surface area (Å²) >= 11 is 6.46. The summed E-state index contributed by atoms with van der Waals surface area (Å²) in [5.74, 6) is 1.85. The topological polar surface area (TPSA) is 79.0 Å². The summed E-state index contributed by atoms with van der Waals surface area (Å²) in [5, 5.41) is 11.8. The molecular weight excluding hydrogens is 446 g/mol.